The van der Waals surface area contributed by atoms with Gasteiger partial charge in [-0.3, -0.25) is 4.79 Å². The third kappa shape index (κ3) is 4.12. The van der Waals surface area contributed by atoms with E-state index in [1.54, 1.807) is 12.1 Å². The smallest absolute Gasteiger partial charge is 0.232 e. The average molecular weight is 419 g/mol. The fraction of sp³-hybridized carbons (Fsp3) is 0.192. The summed E-state index contributed by atoms with van der Waals surface area (Å²) in [7, 11) is 0. The van der Waals surface area contributed by atoms with Crippen molar-refractivity contribution < 1.29 is 14.3 Å². The summed E-state index contributed by atoms with van der Waals surface area (Å²) in [5.41, 5.74) is 4.51. The fourth-order valence-corrected chi connectivity index (χ4v) is 3.66. The van der Waals surface area contributed by atoms with E-state index in [-0.39, 0.29) is 5.78 Å². The minimum absolute atomic E-state index is 0.104. The van der Waals surface area contributed by atoms with E-state index in [0.29, 0.717) is 40.4 Å². The first-order valence-electron chi connectivity index (χ1n) is 9.97. The van der Waals surface area contributed by atoms with Gasteiger partial charge in [0.1, 0.15) is 18.1 Å². The Morgan fingerprint density at radius 3 is 2.50 bits per heavy atom. The highest BCUT2D eigenvalue weighted by atomic mass is 35.5. The fourth-order valence-electron chi connectivity index (χ4n) is 3.47. The maximum Gasteiger partial charge on any atom is 0.232 e. The number of carbonyl (C=O) groups is 1. The molecule has 0 radical (unpaired) electrons. The summed E-state index contributed by atoms with van der Waals surface area (Å²) >= 11 is 6.20. The molecule has 0 fully saturated rings. The largest absolute Gasteiger partial charge is 0.489 e. The normalized spacial score (nSPS) is 14.2. The van der Waals surface area contributed by atoms with Crippen LogP contribution in [0.3, 0.4) is 0 Å². The van der Waals surface area contributed by atoms with Crippen molar-refractivity contribution >= 4 is 23.5 Å². The quantitative estimate of drug-likeness (QED) is 0.420. The Kier molecular flexibility index (Phi) is 5.65. The van der Waals surface area contributed by atoms with Crippen molar-refractivity contribution in [2.24, 2.45) is 0 Å². The summed E-state index contributed by atoms with van der Waals surface area (Å²) in [6, 6.07) is 19.4. The molecule has 0 unspecified atom stereocenters. The van der Waals surface area contributed by atoms with E-state index < -0.39 is 0 Å². The number of allylic oxidation sites excluding steroid dienone is 1. The number of aryl methyl sites for hydroxylation is 1. The molecule has 0 spiro atoms. The standard InChI is InChI=1S/C26H23ClO3/c1-16(2)19-10-8-18(9-11-19)13-24-26(28)25-17(3)12-21(14-23(25)30-24)29-15-20-6-4-5-7-22(20)27/h4-14,16H,15H2,1-3H3/b24-13-. The van der Waals surface area contributed by atoms with Gasteiger partial charge >= 0.3 is 0 Å². The zero-order chi connectivity index (χ0) is 21.3. The van der Waals surface area contributed by atoms with Crippen molar-refractivity contribution in [3.05, 3.63) is 99.3 Å². The number of Topliss-reactive ketones (excluding diaryl/α,β-unsaturated/α-hetero) is 1. The number of hydrogen-bond donors (Lipinski definition) is 0. The molecule has 3 nitrogen and oxygen atoms in total. The second kappa shape index (κ2) is 8.37. The highest BCUT2D eigenvalue weighted by molar-refractivity contribution is 6.31. The summed E-state index contributed by atoms with van der Waals surface area (Å²) in [5, 5.41) is 0.663. The second-order valence-electron chi connectivity index (χ2n) is 7.75. The van der Waals surface area contributed by atoms with Gasteiger partial charge in [0.15, 0.2) is 5.76 Å². The first-order chi connectivity index (χ1) is 14.4. The monoisotopic (exact) mass is 418 g/mol. The van der Waals surface area contributed by atoms with E-state index in [2.05, 4.69) is 26.0 Å². The topological polar surface area (TPSA) is 35.5 Å². The zero-order valence-corrected chi connectivity index (χ0v) is 18.0. The SMILES string of the molecule is Cc1cc(OCc2ccccc2Cl)cc2c1C(=O)/C(=C/c1ccc(C(C)C)cc1)O2. The van der Waals surface area contributed by atoms with Crippen LogP contribution in [-0.4, -0.2) is 5.78 Å². The number of hydrogen-bond acceptors (Lipinski definition) is 3. The average Bonchev–Trinajstić information content (AvgIpc) is 3.03. The van der Waals surface area contributed by atoms with E-state index in [4.69, 9.17) is 21.1 Å². The number of fused-ring (bicyclic) bond motifs is 1. The van der Waals surface area contributed by atoms with Gasteiger partial charge in [-0.2, -0.15) is 0 Å². The summed E-state index contributed by atoms with van der Waals surface area (Å²) in [6.07, 6.45) is 1.79. The van der Waals surface area contributed by atoms with Crippen LogP contribution in [0.5, 0.6) is 11.5 Å². The van der Waals surface area contributed by atoms with Gasteiger partial charge in [-0.15, -0.1) is 0 Å². The minimum atomic E-state index is -0.104. The van der Waals surface area contributed by atoms with Crippen molar-refractivity contribution in [3.63, 3.8) is 0 Å². The van der Waals surface area contributed by atoms with Gasteiger partial charge in [0.2, 0.25) is 5.78 Å². The molecule has 4 rings (SSSR count). The van der Waals surface area contributed by atoms with E-state index in [1.807, 2.05) is 49.4 Å². The van der Waals surface area contributed by atoms with Crippen LogP contribution < -0.4 is 9.47 Å². The minimum Gasteiger partial charge on any atom is -0.489 e. The molecule has 152 valence electrons. The Balaban J connectivity index is 1.55. The molecule has 0 saturated heterocycles. The van der Waals surface area contributed by atoms with Crippen LogP contribution in [-0.2, 0) is 6.61 Å². The van der Waals surface area contributed by atoms with E-state index in [0.717, 1.165) is 16.7 Å². The molecular formula is C26H23ClO3. The predicted octanol–water partition coefficient (Wildman–Crippen LogP) is 6.97. The van der Waals surface area contributed by atoms with Crippen LogP contribution in [0.25, 0.3) is 6.08 Å². The summed E-state index contributed by atoms with van der Waals surface area (Å²) < 4.78 is 11.8. The number of benzene rings is 3. The maximum atomic E-state index is 12.9. The van der Waals surface area contributed by atoms with Crippen LogP contribution >= 0.6 is 11.6 Å². The molecule has 30 heavy (non-hydrogen) atoms. The van der Waals surface area contributed by atoms with Crippen molar-refractivity contribution in [2.75, 3.05) is 0 Å². The van der Waals surface area contributed by atoms with Crippen LogP contribution in [0.15, 0.2) is 66.4 Å². The van der Waals surface area contributed by atoms with Gasteiger partial charge in [-0.1, -0.05) is 67.9 Å². The number of ketones is 1. The Hall–Kier alpha value is -3.04. The van der Waals surface area contributed by atoms with E-state index >= 15 is 0 Å². The van der Waals surface area contributed by atoms with Crippen molar-refractivity contribution in [2.45, 2.75) is 33.3 Å². The molecule has 4 heteroatoms. The van der Waals surface area contributed by atoms with Crippen molar-refractivity contribution in [1.82, 2.24) is 0 Å². The van der Waals surface area contributed by atoms with Gasteiger partial charge in [0.05, 0.1) is 5.56 Å². The second-order valence-corrected chi connectivity index (χ2v) is 8.16. The molecule has 0 aromatic heterocycles. The molecule has 0 N–H and O–H groups in total. The molecule has 0 atom stereocenters. The Bertz CT molecular complexity index is 1130. The van der Waals surface area contributed by atoms with Gasteiger partial charge in [0.25, 0.3) is 0 Å². The van der Waals surface area contributed by atoms with Gasteiger partial charge in [0, 0.05) is 16.7 Å². The third-order valence-corrected chi connectivity index (χ3v) is 5.57. The molecule has 1 heterocycles. The Morgan fingerprint density at radius 1 is 1.07 bits per heavy atom. The summed E-state index contributed by atoms with van der Waals surface area (Å²) in [5.74, 6) is 1.86. The first kappa shape index (κ1) is 20.2. The van der Waals surface area contributed by atoms with Gasteiger partial charge < -0.3 is 9.47 Å². The zero-order valence-electron chi connectivity index (χ0n) is 17.2. The maximum absolute atomic E-state index is 12.9. The Labute approximate surface area is 181 Å². The first-order valence-corrected chi connectivity index (χ1v) is 10.3. The van der Waals surface area contributed by atoms with Crippen molar-refractivity contribution in [1.29, 1.82) is 0 Å². The molecule has 1 aliphatic rings. The van der Waals surface area contributed by atoms with E-state index in [9.17, 15) is 4.79 Å². The molecule has 1 aliphatic heterocycles. The predicted molar refractivity (Wildman–Crippen MR) is 120 cm³/mol. The number of halogens is 1. The number of rotatable bonds is 5. The number of carbonyl (C=O) groups excluding carboxylic acids is 1. The van der Waals surface area contributed by atoms with Gasteiger partial charge in [-0.25, -0.2) is 0 Å². The lowest BCUT2D eigenvalue weighted by atomic mass is 10.0. The Morgan fingerprint density at radius 2 is 1.80 bits per heavy atom. The summed E-state index contributed by atoms with van der Waals surface area (Å²) in [6.45, 7) is 6.54. The van der Waals surface area contributed by atoms with E-state index in [1.165, 1.54) is 5.56 Å². The molecule has 3 aromatic carbocycles. The third-order valence-electron chi connectivity index (χ3n) is 5.20. The highest BCUT2D eigenvalue weighted by Gasteiger charge is 2.30. The van der Waals surface area contributed by atoms with Gasteiger partial charge in [-0.05, 0) is 47.7 Å². The molecular weight excluding hydrogens is 396 g/mol. The number of ether oxygens (including phenoxy) is 2. The van der Waals surface area contributed by atoms with Crippen molar-refractivity contribution in [3.8, 4) is 11.5 Å². The van der Waals surface area contributed by atoms with Crippen LogP contribution in [0.1, 0.15) is 52.4 Å². The van der Waals surface area contributed by atoms with Crippen LogP contribution in [0.2, 0.25) is 5.02 Å². The van der Waals surface area contributed by atoms with Crippen LogP contribution in [0.4, 0.5) is 0 Å². The molecule has 3 aromatic rings. The molecule has 0 saturated carbocycles. The van der Waals surface area contributed by atoms with Crippen LogP contribution in [0, 0.1) is 6.92 Å². The lowest BCUT2D eigenvalue weighted by Gasteiger charge is -2.10. The molecule has 0 aliphatic carbocycles. The molecule has 0 amide bonds. The highest BCUT2D eigenvalue weighted by Crippen LogP contribution is 2.38. The summed E-state index contributed by atoms with van der Waals surface area (Å²) in [4.78, 5) is 12.9. The lowest BCUT2D eigenvalue weighted by molar-refractivity contribution is 0.101. The molecule has 0 bridgehead atoms. The lowest BCUT2D eigenvalue weighted by Crippen LogP contribution is -2.00.